The molecule has 2 atom stereocenters. The van der Waals surface area contributed by atoms with Gasteiger partial charge >= 0.3 is 0 Å². The number of amides is 3. The maximum Gasteiger partial charge on any atom is 0.285 e. The fourth-order valence-electron chi connectivity index (χ4n) is 2.69. The molecule has 1 saturated carbocycles. The van der Waals surface area contributed by atoms with E-state index in [1.165, 1.54) is 0 Å². The third kappa shape index (κ3) is 1.93. The standard InChI is InChI=1S/C15H10N2O3S2/c18-12-9-7-10(9)13(19)16(12)17-14(20)11(22-15(17)21)6-8-4-2-1-3-5-8/h1-6,9-10H,7H2/b11-6-/t9-,10-/m1/s1. The fraction of sp³-hybridized carbons (Fsp3) is 0.200. The number of piperidine rings is 1. The van der Waals surface area contributed by atoms with Crippen LogP contribution in [0.25, 0.3) is 6.08 Å². The summed E-state index contributed by atoms with van der Waals surface area (Å²) in [6.45, 7) is 0. The van der Waals surface area contributed by atoms with Crippen LogP contribution in [0, 0.1) is 11.8 Å². The summed E-state index contributed by atoms with van der Waals surface area (Å²) in [4.78, 5) is 37.2. The zero-order chi connectivity index (χ0) is 15.4. The van der Waals surface area contributed by atoms with Crippen LogP contribution in [0.1, 0.15) is 12.0 Å². The highest BCUT2D eigenvalue weighted by Gasteiger charge is 2.62. The normalized spacial score (nSPS) is 28.8. The number of fused-ring (bicyclic) bond motifs is 1. The molecule has 2 aliphatic heterocycles. The van der Waals surface area contributed by atoms with Gasteiger partial charge in [-0.05, 0) is 30.3 Å². The molecule has 3 fully saturated rings. The Kier molecular flexibility index (Phi) is 2.95. The SMILES string of the molecule is O=C1/C(=C/c2ccccc2)SC(=S)N1N1C(=O)[C@@H]2C[C@H]2C1=O. The van der Waals surface area contributed by atoms with Gasteiger partial charge in [0.1, 0.15) is 0 Å². The van der Waals surface area contributed by atoms with Gasteiger partial charge in [0.05, 0.1) is 16.7 Å². The Hall–Kier alpha value is -1.99. The summed E-state index contributed by atoms with van der Waals surface area (Å²) in [5.74, 6) is -1.55. The molecule has 22 heavy (non-hydrogen) atoms. The number of rotatable bonds is 2. The lowest BCUT2D eigenvalue weighted by Crippen LogP contribution is -2.50. The number of benzene rings is 1. The van der Waals surface area contributed by atoms with Gasteiger partial charge in [-0.25, -0.2) is 0 Å². The number of thiocarbonyl (C=S) groups is 1. The molecule has 0 aromatic heterocycles. The molecular weight excluding hydrogens is 320 g/mol. The average Bonchev–Trinajstić information content (AvgIpc) is 3.21. The van der Waals surface area contributed by atoms with Crippen LogP contribution in [0.4, 0.5) is 0 Å². The van der Waals surface area contributed by atoms with Crippen LogP contribution in [0.15, 0.2) is 35.2 Å². The largest absolute Gasteiger partial charge is 0.285 e. The molecular formula is C15H10N2O3S2. The molecule has 1 aromatic rings. The minimum Gasteiger partial charge on any atom is -0.272 e. The predicted octanol–water partition coefficient (Wildman–Crippen LogP) is 1.81. The zero-order valence-corrected chi connectivity index (χ0v) is 12.9. The first-order valence-corrected chi connectivity index (χ1v) is 8.01. The lowest BCUT2D eigenvalue weighted by atomic mass is 10.2. The number of hydrazine groups is 1. The van der Waals surface area contributed by atoms with E-state index in [4.69, 9.17) is 12.2 Å². The fourth-order valence-corrected chi connectivity index (χ4v) is 3.94. The Bertz CT molecular complexity index is 739. The van der Waals surface area contributed by atoms with Gasteiger partial charge in [0.2, 0.25) is 0 Å². The Morgan fingerprint density at radius 2 is 1.68 bits per heavy atom. The highest BCUT2D eigenvalue weighted by molar-refractivity contribution is 8.26. The van der Waals surface area contributed by atoms with Crippen LogP contribution in [-0.2, 0) is 14.4 Å². The van der Waals surface area contributed by atoms with Crippen molar-refractivity contribution < 1.29 is 14.4 Å². The zero-order valence-electron chi connectivity index (χ0n) is 11.3. The molecule has 7 heteroatoms. The summed E-state index contributed by atoms with van der Waals surface area (Å²) in [5.41, 5.74) is 0.866. The van der Waals surface area contributed by atoms with Crippen LogP contribution in [0.2, 0.25) is 0 Å². The van der Waals surface area contributed by atoms with Crippen LogP contribution in [0.3, 0.4) is 0 Å². The maximum absolute atomic E-state index is 12.5. The monoisotopic (exact) mass is 330 g/mol. The number of thioether (sulfide) groups is 1. The van der Waals surface area contributed by atoms with E-state index in [-0.39, 0.29) is 28.0 Å². The average molecular weight is 330 g/mol. The van der Waals surface area contributed by atoms with Crippen molar-refractivity contribution >= 4 is 52.1 Å². The van der Waals surface area contributed by atoms with E-state index in [9.17, 15) is 14.4 Å². The van der Waals surface area contributed by atoms with E-state index in [0.717, 1.165) is 27.3 Å². The van der Waals surface area contributed by atoms with E-state index >= 15 is 0 Å². The van der Waals surface area contributed by atoms with Gasteiger partial charge in [-0.3, -0.25) is 14.4 Å². The van der Waals surface area contributed by atoms with Gasteiger partial charge < -0.3 is 0 Å². The minimum atomic E-state index is -0.415. The molecule has 110 valence electrons. The quantitative estimate of drug-likeness (QED) is 0.470. The maximum atomic E-state index is 12.5. The molecule has 0 bridgehead atoms. The van der Waals surface area contributed by atoms with Gasteiger partial charge in [-0.1, -0.05) is 42.1 Å². The number of hydrogen-bond acceptors (Lipinski definition) is 5. The molecule has 5 nitrogen and oxygen atoms in total. The minimum absolute atomic E-state index is 0.218. The van der Waals surface area contributed by atoms with Crippen LogP contribution in [0.5, 0.6) is 0 Å². The smallest absolute Gasteiger partial charge is 0.272 e. The lowest BCUT2D eigenvalue weighted by Gasteiger charge is -2.25. The van der Waals surface area contributed by atoms with Gasteiger partial charge in [0.25, 0.3) is 17.7 Å². The van der Waals surface area contributed by atoms with Gasteiger partial charge in [-0.2, -0.15) is 10.0 Å². The number of hydrogen-bond donors (Lipinski definition) is 0. The molecule has 0 N–H and O–H groups in total. The third-order valence-corrected chi connectivity index (χ3v) is 5.20. The van der Waals surface area contributed by atoms with Gasteiger partial charge in [-0.15, -0.1) is 0 Å². The summed E-state index contributed by atoms with van der Waals surface area (Å²) in [6.07, 6.45) is 2.31. The molecule has 2 heterocycles. The first kappa shape index (κ1) is 13.7. The van der Waals surface area contributed by atoms with Gasteiger partial charge in [0, 0.05) is 0 Å². The van der Waals surface area contributed by atoms with E-state index in [1.54, 1.807) is 6.08 Å². The first-order chi connectivity index (χ1) is 10.6. The first-order valence-electron chi connectivity index (χ1n) is 6.78. The van der Waals surface area contributed by atoms with Crippen molar-refractivity contribution in [2.24, 2.45) is 11.8 Å². The summed E-state index contributed by atoms with van der Waals surface area (Å²) >= 11 is 6.29. The molecule has 0 unspecified atom stereocenters. The number of carbonyl (C=O) groups excluding carboxylic acids is 3. The van der Waals surface area contributed by atoms with Crippen LogP contribution < -0.4 is 0 Å². The topological polar surface area (TPSA) is 57.7 Å². The summed E-state index contributed by atoms with van der Waals surface area (Å²) in [5, 5.41) is 1.98. The number of nitrogens with zero attached hydrogens (tertiary/aromatic N) is 2. The predicted molar refractivity (Wildman–Crippen MR) is 84.9 cm³/mol. The van der Waals surface area contributed by atoms with E-state index in [1.807, 2.05) is 30.3 Å². The lowest BCUT2D eigenvalue weighted by molar-refractivity contribution is -0.160. The second-order valence-electron chi connectivity index (χ2n) is 5.34. The Morgan fingerprint density at radius 1 is 1.05 bits per heavy atom. The van der Waals surface area contributed by atoms with Crippen LogP contribution >= 0.6 is 24.0 Å². The highest BCUT2D eigenvalue weighted by Crippen LogP contribution is 2.49. The van der Waals surface area contributed by atoms with Crippen molar-refractivity contribution in [2.45, 2.75) is 6.42 Å². The summed E-state index contributed by atoms with van der Waals surface area (Å²) < 4.78 is 0.218. The van der Waals surface area contributed by atoms with Crippen molar-refractivity contribution in [1.82, 2.24) is 10.0 Å². The van der Waals surface area contributed by atoms with E-state index in [2.05, 4.69) is 0 Å². The molecule has 3 aliphatic rings. The second kappa shape index (κ2) is 4.76. The van der Waals surface area contributed by atoms with E-state index < -0.39 is 5.91 Å². The molecule has 2 saturated heterocycles. The summed E-state index contributed by atoms with van der Waals surface area (Å²) in [6, 6.07) is 9.36. The van der Waals surface area contributed by atoms with Gasteiger partial charge in [0.15, 0.2) is 4.32 Å². The number of carbonyl (C=O) groups is 3. The Morgan fingerprint density at radius 3 is 2.32 bits per heavy atom. The summed E-state index contributed by atoms with van der Waals surface area (Å²) in [7, 11) is 0. The molecule has 0 spiro atoms. The second-order valence-corrected chi connectivity index (χ2v) is 7.02. The molecule has 4 rings (SSSR count). The Balaban J connectivity index is 1.65. The molecule has 0 radical (unpaired) electrons. The van der Waals surface area contributed by atoms with E-state index in [0.29, 0.717) is 11.3 Å². The molecule has 1 aromatic carbocycles. The number of imide groups is 1. The third-order valence-electron chi connectivity index (χ3n) is 3.91. The van der Waals surface area contributed by atoms with Crippen molar-refractivity contribution in [3.05, 3.63) is 40.8 Å². The van der Waals surface area contributed by atoms with Crippen molar-refractivity contribution in [1.29, 1.82) is 0 Å². The van der Waals surface area contributed by atoms with Crippen molar-refractivity contribution in [2.75, 3.05) is 0 Å². The van der Waals surface area contributed by atoms with Crippen molar-refractivity contribution in [3.8, 4) is 0 Å². The molecule has 3 amide bonds. The molecule has 1 aliphatic carbocycles. The highest BCUT2D eigenvalue weighted by atomic mass is 32.2. The van der Waals surface area contributed by atoms with Crippen molar-refractivity contribution in [3.63, 3.8) is 0 Å². The van der Waals surface area contributed by atoms with Crippen LogP contribution in [-0.4, -0.2) is 32.1 Å². The Labute approximate surface area is 135 Å².